The molecule has 20 heavy (non-hydrogen) atoms. The van der Waals surface area contributed by atoms with E-state index in [0.29, 0.717) is 23.7 Å². The molecule has 5 nitrogen and oxygen atoms in total. The van der Waals surface area contributed by atoms with Gasteiger partial charge in [-0.15, -0.1) is 11.8 Å². The molecule has 0 bridgehead atoms. The normalized spacial score (nSPS) is 14.2. The van der Waals surface area contributed by atoms with Gasteiger partial charge in [-0.25, -0.2) is 0 Å². The molecular formula is C14H15N3O2S. The first-order chi connectivity index (χ1) is 9.60. The SMILES string of the molecule is CN(Cc1ccc(C#N)cc1)C(=O)CN1CSCC1=O. The number of hydrogen-bond acceptors (Lipinski definition) is 4. The van der Waals surface area contributed by atoms with E-state index >= 15 is 0 Å². The van der Waals surface area contributed by atoms with Crippen LogP contribution in [0.2, 0.25) is 0 Å². The molecule has 0 aromatic heterocycles. The molecule has 1 fully saturated rings. The Kier molecular flexibility index (Phi) is 4.64. The molecule has 1 heterocycles. The predicted octanol–water partition coefficient (Wildman–Crippen LogP) is 1.05. The summed E-state index contributed by atoms with van der Waals surface area (Å²) in [6.07, 6.45) is 0. The molecule has 2 amide bonds. The zero-order valence-electron chi connectivity index (χ0n) is 11.2. The van der Waals surface area contributed by atoms with E-state index < -0.39 is 0 Å². The van der Waals surface area contributed by atoms with Gasteiger partial charge < -0.3 is 9.80 Å². The summed E-state index contributed by atoms with van der Waals surface area (Å²) in [4.78, 5) is 26.7. The topological polar surface area (TPSA) is 64.4 Å². The van der Waals surface area contributed by atoms with Gasteiger partial charge in [0.05, 0.1) is 23.3 Å². The quantitative estimate of drug-likeness (QED) is 0.831. The first kappa shape index (κ1) is 14.4. The van der Waals surface area contributed by atoms with Gasteiger partial charge in [0.15, 0.2) is 0 Å². The summed E-state index contributed by atoms with van der Waals surface area (Å²) in [6, 6.07) is 9.18. The Morgan fingerprint density at radius 3 is 2.70 bits per heavy atom. The summed E-state index contributed by atoms with van der Waals surface area (Å²) in [5.74, 6) is 1.00. The van der Waals surface area contributed by atoms with Crippen molar-refractivity contribution < 1.29 is 9.59 Å². The Morgan fingerprint density at radius 1 is 1.45 bits per heavy atom. The summed E-state index contributed by atoms with van der Waals surface area (Å²) in [6.45, 7) is 0.609. The van der Waals surface area contributed by atoms with Crippen LogP contribution in [0.25, 0.3) is 0 Å². The van der Waals surface area contributed by atoms with E-state index in [4.69, 9.17) is 5.26 Å². The minimum Gasteiger partial charge on any atom is -0.340 e. The van der Waals surface area contributed by atoms with Crippen LogP contribution in [0, 0.1) is 11.3 Å². The third-order valence-corrected chi connectivity index (χ3v) is 4.03. The Balaban J connectivity index is 1.90. The smallest absolute Gasteiger partial charge is 0.242 e. The lowest BCUT2D eigenvalue weighted by Gasteiger charge is -2.21. The molecule has 1 aromatic carbocycles. The molecule has 1 saturated heterocycles. The van der Waals surface area contributed by atoms with Crippen LogP contribution in [-0.2, 0) is 16.1 Å². The lowest BCUT2D eigenvalue weighted by Crippen LogP contribution is -2.38. The third-order valence-electron chi connectivity index (χ3n) is 3.08. The van der Waals surface area contributed by atoms with Crippen LogP contribution in [0.4, 0.5) is 0 Å². The Hall–Kier alpha value is -2.00. The molecule has 0 spiro atoms. The fourth-order valence-corrected chi connectivity index (χ4v) is 2.78. The van der Waals surface area contributed by atoms with E-state index in [9.17, 15) is 9.59 Å². The Morgan fingerprint density at radius 2 is 2.15 bits per heavy atom. The highest BCUT2D eigenvalue weighted by Gasteiger charge is 2.24. The van der Waals surface area contributed by atoms with Gasteiger partial charge in [0, 0.05) is 13.6 Å². The van der Waals surface area contributed by atoms with Crippen LogP contribution in [0.15, 0.2) is 24.3 Å². The van der Waals surface area contributed by atoms with Crippen LogP contribution in [0.5, 0.6) is 0 Å². The molecule has 6 heteroatoms. The maximum absolute atomic E-state index is 12.0. The molecule has 1 aliphatic rings. The van der Waals surface area contributed by atoms with Crippen molar-refractivity contribution in [3.8, 4) is 6.07 Å². The number of rotatable bonds is 4. The van der Waals surface area contributed by atoms with Crippen molar-refractivity contribution in [2.24, 2.45) is 0 Å². The molecule has 0 aliphatic carbocycles. The lowest BCUT2D eigenvalue weighted by molar-refractivity contribution is -0.137. The minimum atomic E-state index is -0.0785. The number of hydrogen-bond donors (Lipinski definition) is 0. The number of carbonyl (C=O) groups is 2. The fraction of sp³-hybridized carbons (Fsp3) is 0.357. The van der Waals surface area contributed by atoms with Gasteiger partial charge in [-0.05, 0) is 17.7 Å². The summed E-state index contributed by atoms with van der Waals surface area (Å²) < 4.78 is 0. The van der Waals surface area contributed by atoms with Crippen molar-refractivity contribution in [1.29, 1.82) is 5.26 Å². The molecule has 0 radical (unpaired) electrons. The summed E-state index contributed by atoms with van der Waals surface area (Å²) in [5.41, 5.74) is 1.56. The van der Waals surface area contributed by atoms with E-state index in [1.807, 2.05) is 12.1 Å². The van der Waals surface area contributed by atoms with Crippen molar-refractivity contribution >= 4 is 23.6 Å². The van der Waals surface area contributed by atoms with Gasteiger partial charge in [0.2, 0.25) is 11.8 Å². The third kappa shape index (κ3) is 3.52. The molecule has 0 unspecified atom stereocenters. The number of nitriles is 1. The first-order valence-corrected chi connectivity index (χ1v) is 7.34. The average Bonchev–Trinajstić information content (AvgIpc) is 2.85. The summed E-state index contributed by atoms with van der Waals surface area (Å²) in [5, 5.41) is 8.73. The number of carbonyl (C=O) groups excluding carboxylic acids is 2. The van der Waals surface area contributed by atoms with Crippen molar-refractivity contribution in [3.63, 3.8) is 0 Å². The largest absolute Gasteiger partial charge is 0.340 e. The van der Waals surface area contributed by atoms with E-state index in [0.717, 1.165) is 5.56 Å². The second kappa shape index (κ2) is 6.44. The van der Waals surface area contributed by atoms with E-state index in [-0.39, 0.29) is 18.4 Å². The highest BCUT2D eigenvalue weighted by Crippen LogP contribution is 2.15. The van der Waals surface area contributed by atoms with Crippen LogP contribution >= 0.6 is 11.8 Å². The predicted molar refractivity (Wildman–Crippen MR) is 76.7 cm³/mol. The average molecular weight is 289 g/mol. The number of thioether (sulfide) groups is 1. The van der Waals surface area contributed by atoms with E-state index in [2.05, 4.69) is 6.07 Å². The molecule has 0 N–H and O–H groups in total. The van der Waals surface area contributed by atoms with Gasteiger partial charge in [-0.1, -0.05) is 12.1 Å². The van der Waals surface area contributed by atoms with E-state index in [1.165, 1.54) is 11.8 Å². The van der Waals surface area contributed by atoms with Gasteiger partial charge in [-0.2, -0.15) is 5.26 Å². The van der Waals surface area contributed by atoms with Gasteiger partial charge in [-0.3, -0.25) is 9.59 Å². The molecule has 1 aliphatic heterocycles. The number of benzene rings is 1. The number of nitrogens with zero attached hydrogens (tertiary/aromatic N) is 3. The molecular weight excluding hydrogens is 274 g/mol. The molecule has 1 aromatic rings. The van der Waals surface area contributed by atoms with Crippen LogP contribution in [0.1, 0.15) is 11.1 Å². The Bertz CT molecular complexity index is 551. The van der Waals surface area contributed by atoms with Gasteiger partial charge >= 0.3 is 0 Å². The second-order valence-corrected chi connectivity index (χ2v) is 5.58. The van der Waals surface area contributed by atoms with Crippen LogP contribution < -0.4 is 0 Å². The molecule has 0 saturated carbocycles. The maximum Gasteiger partial charge on any atom is 0.242 e. The number of likely N-dealkylation sites (N-methyl/N-ethyl adjacent to an activating group) is 1. The highest BCUT2D eigenvalue weighted by atomic mass is 32.2. The van der Waals surface area contributed by atoms with Crippen molar-refractivity contribution in [3.05, 3.63) is 35.4 Å². The minimum absolute atomic E-state index is 0.0233. The van der Waals surface area contributed by atoms with Crippen LogP contribution in [0.3, 0.4) is 0 Å². The second-order valence-electron chi connectivity index (χ2n) is 4.63. The first-order valence-electron chi connectivity index (χ1n) is 6.18. The Labute approximate surface area is 122 Å². The van der Waals surface area contributed by atoms with Crippen LogP contribution in [-0.4, -0.2) is 46.8 Å². The lowest BCUT2D eigenvalue weighted by atomic mass is 10.1. The fourth-order valence-electron chi connectivity index (χ4n) is 1.87. The zero-order valence-corrected chi connectivity index (χ0v) is 12.0. The van der Waals surface area contributed by atoms with Gasteiger partial charge in [0.25, 0.3) is 0 Å². The molecule has 104 valence electrons. The monoisotopic (exact) mass is 289 g/mol. The highest BCUT2D eigenvalue weighted by molar-refractivity contribution is 8.00. The standard InChI is InChI=1S/C14H15N3O2S/c1-16(7-12-4-2-11(6-15)3-5-12)13(18)8-17-10-20-9-14(17)19/h2-5H,7-10H2,1H3. The van der Waals surface area contributed by atoms with Crippen molar-refractivity contribution in [2.45, 2.75) is 6.54 Å². The summed E-state index contributed by atoms with van der Waals surface area (Å²) >= 11 is 1.53. The molecule has 2 rings (SSSR count). The summed E-state index contributed by atoms with van der Waals surface area (Å²) in [7, 11) is 1.72. The maximum atomic E-state index is 12.0. The van der Waals surface area contributed by atoms with Gasteiger partial charge in [0.1, 0.15) is 6.54 Å². The van der Waals surface area contributed by atoms with E-state index in [1.54, 1.807) is 29.0 Å². The van der Waals surface area contributed by atoms with Crippen molar-refractivity contribution in [2.75, 3.05) is 25.2 Å². The van der Waals surface area contributed by atoms with Crippen molar-refractivity contribution in [1.82, 2.24) is 9.80 Å². The number of amides is 2. The molecule has 0 atom stereocenters. The zero-order chi connectivity index (χ0) is 14.5.